The zero-order chi connectivity index (χ0) is 19.9. The van der Waals surface area contributed by atoms with Gasteiger partial charge in [-0.25, -0.2) is 0 Å². The van der Waals surface area contributed by atoms with Gasteiger partial charge in [-0.15, -0.1) is 0 Å². The molecule has 0 aliphatic carbocycles. The molecule has 5 nitrogen and oxygen atoms in total. The summed E-state index contributed by atoms with van der Waals surface area (Å²) in [6.45, 7) is 4.51. The Kier molecular flexibility index (Phi) is 6.76. The summed E-state index contributed by atoms with van der Waals surface area (Å²) in [6.07, 6.45) is 2.67. The molecule has 1 aliphatic rings. The van der Waals surface area contributed by atoms with Gasteiger partial charge in [-0.2, -0.15) is 0 Å². The van der Waals surface area contributed by atoms with Crippen molar-refractivity contribution in [3.63, 3.8) is 0 Å². The van der Waals surface area contributed by atoms with Gasteiger partial charge in [0, 0.05) is 5.56 Å². The second-order valence-corrected chi connectivity index (χ2v) is 7.36. The summed E-state index contributed by atoms with van der Waals surface area (Å²) in [5.74, 6) is 1.11. The first-order chi connectivity index (χ1) is 13.6. The molecule has 2 aromatic rings. The summed E-state index contributed by atoms with van der Waals surface area (Å²) in [7, 11) is 0. The molecule has 1 saturated heterocycles. The maximum atomic E-state index is 12.7. The van der Waals surface area contributed by atoms with Crippen molar-refractivity contribution in [1.82, 2.24) is 4.90 Å². The Morgan fingerprint density at radius 3 is 2.54 bits per heavy atom. The topological polar surface area (TPSA) is 55.8 Å². The predicted molar refractivity (Wildman–Crippen MR) is 111 cm³/mol. The van der Waals surface area contributed by atoms with Gasteiger partial charge in [0.25, 0.3) is 11.1 Å². The summed E-state index contributed by atoms with van der Waals surface area (Å²) < 4.78 is 11.5. The van der Waals surface area contributed by atoms with Gasteiger partial charge in [0.2, 0.25) is 0 Å². The van der Waals surface area contributed by atoms with Gasteiger partial charge >= 0.3 is 0 Å². The van der Waals surface area contributed by atoms with Crippen molar-refractivity contribution in [3.8, 4) is 11.5 Å². The molecule has 0 N–H and O–H groups in total. The molecule has 0 radical (unpaired) electrons. The number of rotatable bonds is 8. The Morgan fingerprint density at radius 2 is 1.79 bits per heavy atom. The molecule has 3 rings (SSSR count). The van der Waals surface area contributed by atoms with E-state index in [2.05, 4.69) is 6.92 Å². The summed E-state index contributed by atoms with van der Waals surface area (Å²) >= 11 is 0.944. The number of benzene rings is 2. The van der Waals surface area contributed by atoms with Gasteiger partial charge in [0.15, 0.2) is 0 Å². The zero-order valence-corrected chi connectivity index (χ0v) is 16.8. The van der Waals surface area contributed by atoms with Crippen molar-refractivity contribution in [2.24, 2.45) is 0 Å². The first kappa shape index (κ1) is 20.0. The number of carbonyl (C=O) groups excluding carboxylic acids is 2. The minimum absolute atomic E-state index is 0.0692. The molecule has 0 bridgehead atoms. The first-order valence-corrected chi connectivity index (χ1v) is 10.1. The molecule has 1 fully saturated rings. The number of hydrogen-bond acceptors (Lipinski definition) is 5. The molecule has 2 amide bonds. The van der Waals surface area contributed by atoms with E-state index in [1.165, 1.54) is 4.90 Å². The largest absolute Gasteiger partial charge is 0.492 e. The Balaban J connectivity index is 1.68. The molecular weight excluding hydrogens is 374 g/mol. The van der Waals surface area contributed by atoms with Crippen LogP contribution >= 0.6 is 11.8 Å². The van der Waals surface area contributed by atoms with Crippen molar-refractivity contribution in [2.45, 2.75) is 26.4 Å². The molecule has 28 heavy (non-hydrogen) atoms. The van der Waals surface area contributed by atoms with E-state index in [1.807, 2.05) is 61.5 Å². The average molecular weight is 397 g/mol. The number of ether oxygens (including phenoxy) is 2. The molecule has 1 heterocycles. The standard InChI is InChI=1S/C22H23NO4S/c1-3-16(2)27-19-12-8-7-9-17(19)15-20-21(24)23(22(25)28-20)13-14-26-18-10-5-4-6-11-18/h4-12,15-16H,3,13-14H2,1-2H3/b20-15-. The maximum absolute atomic E-state index is 12.7. The SMILES string of the molecule is CCC(C)Oc1ccccc1/C=C1\SC(=O)N(CCOc2ccccc2)C1=O. The van der Waals surface area contributed by atoms with Crippen molar-refractivity contribution < 1.29 is 19.1 Å². The Bertz CT molecular complexity index is 866. The third kappa shape index (κ3) is 4.95. The van der Waals surface area contributed by atoms with Crippen LogP contribution in [-0.2, 0) is 4.79 Å². The molecule has 0 spiro atoms. The van der Waals surface area contributed by atoms with E-state index in [9.17, 15) is 9.59 Å². The van der Waals surface area contributed by atoms with E-state index in [1.54, 1.807) is 6.08 Å². The van der Waals surface area contributed by atoms with Gasteiger partial charge in [-0.3, -0.25) is 14.5 Å². The summed E-state index contributed by atoms with van der Waals surface area (Å²) in [5.41, 5.74) is 0.786. The zero-order valence-electron chi connectivity index (χ0n) is 16.0. The molecule has 1 atom stereocenters. The molecule has 0 saturated carbocycles. The van der Waals surface area contributed by atoms with Crippen LogP contribution in [0.2, 0.25) is 0 Å². The van der Waals surface area contributed by atoms with Crippen LogP contribution in [0.1, 0.15) is 25.8 Å². The van der Waals surface area contributed by atoms with Gasteiger partial charge in [0.1, 0.15) is 18.1 Å². The lowest BCUT2D eigenvalue weighted by molar-refractivity contribution is -0.123. The summed E-state index contributed by atoms with van der Waals surface area (Å²) in [4.78, 5) is 26.6. The number of amides is 2. The molecule has 0 aromatic heterocycles. The van der Waals surface area contributed by atoms with Crippen LogP contribution < -0.4 is 9.47 Å². The monoisotopic (exact) mass is 397 g/mol. The summed E-state index contributed by atoms with van der Waals surface area (Å²) in [5, 5.41) is -0.284. The summed E-state index contributed by atoms with van der Waals surface area (Å²) in [6, 6.07) is 16.8. The molecule has 1 unspecified atom stereocenters. The van der Waals surface area contributed by atoms with Crippen LogP contribution in [0.5, 0.6) is 11.5 Å². The van der Waals surface area contributed by atoms with Gasteiger partial charge in [0.05, 0.1) is 17.6 Å². The fraction of sp³-hybridized carbons (Fsp3) is 0.273. The quantitative estimate of drug-likeness (QED) is 0.588. The third-order valence-electron chi connectivity index (χ3n) is 4.31. The van der Waals surface area contributed by atoms with Crippen LogP contribution in [0.15, 0.2) is 59.5 Å². The molecule has 2 aromatic carbocycles. The van der Waals surface area contributed by atoms with Crippen LogP contribution in [0.3, 0.4) is 0 Å². The predicted octanol–water partition coefficient (Wildman–Crippen LogP) is 4.98. The highest BCUT2D eigenvalue weighted by Crippen LogP contribution is 2.34. The van der Waals surface area contributed by atoms with Gasteiger partial charge in [-0.1, -0.05) is 43.3 Å². The lowest BCUT2D eigenvalue weighted by atomic mass is 10.1. The highest BCUT2D eigenvalue weighted by atomic mass is 32.2. The third-order valence-corrected chi connectivity index (χ3v) is 5.22. The van der Waals surface area contributed by atoms with E-state index in [0.29, 0.717) is 16.4 Å². The molecule has 1 aliphatic heterocycles. The highest BCUT2D eigenvalue weighted by molar-refractivity contribution is 8.18. The van der Waals surface area contributed by atoms with E-state index >= 15 is 0 Å². The van der Waals surface area contributed by atoms with Gasteiger partial charge < -0.3 is 9.47 Å². The van der Waals surface area contributed by atoms with E-state index < -0.39 is 0 Å². The minimum Gasteiger partial charge on any atom is -0.492 e. The van der Waals surface area contributed by atoms with Crippen molar-refractivity contribution in [1.29, 1.82) is 0 Å². The molecule has 6 heteroatoms. The number of para-hydroxylation sites is 2. The average Bonchev–Trinajstić information content (AvgIpc) is 2.97. The maximum Gasteiger partial charge on any atom is 0.293 e. The lowest BCUT2D eigenvalue weighted by Crippen LogP contribution is -2.32. The van der Waals surface area contributed by atoms with Crippen molar-refractivity contribution in [3.05, 3.63) is 65.1 Å². The number of carbonyl (C=O) groups is 2. The Labute approximate surface area is 169 Å². The Hall–Kier alpha value is -2.73. The Morgan fingerprint density at radius 1 is 1.07 bits per heavy atom. The normalized spacial score (nSPS) is 16.5. The highest BCUT2D eigenvalue weighted by Gasteiger charge is 2.35. The van der Waals surface area contributed by atoms with Crippen LogP contribution in [-0.4, -0.2) is 35.3 Å². The second-order valence-electron chi connectivity index (χ2n) is 6.37. The fourth-order valence-corrected chi connectivity index (χ4v) is 3.47. The van der Waals surface area contributed by atoms with Crippen LogP contribution in [0, 0.1) is 0 Å². The fourth-order valence-electron chi connectivity index (χ4n) is 2.61. The number of thioether (sulfide) groups is 1. The second kappa shape index (κ2) is 9.46. The molecule has 146 valence electrons. The lowest BCUT2D eigenvalue weighted by Gasteiger charge is -2.15. The van der Waals surface area contributed by atoms with E-state index in [0.717, 1.165) is 23.7 Å². The van der Waals surface area contributed by atoms with E-state index in [4.69, 9.17) is 9.47 Å². The minimum atomic E-state index is -0.301. The van der Waals surface area contributed by atoms with Crippen LogP contribution in [0.4, 0.5) is 4.79 Å². The van der Waals surface area contributed by atoms with E-state index in [-0.39, 0.29) is 30.4 Å². The molecular formula is C22H23NO4S. The van der Waals surface area contributed by atoms with Crippen LogP contribution in [0.25, 0.3) is 6.08 Å². The van der Waals surface area contributed by atoms with Gasteiger partial charge in [-0.05, 0) is 49.4 Å². The van der Waals surface area contributed by atoms with Crippen molar-refractivity contribution >= 4 is 29.0 Å². The van der Waals surface area contributed by atoms with Crippen molar-refractivity contribution in [2.75, 3.05) is 13.2 Å². The smallest absolute Gasteiger partial charge is 0.293 e. The first-order valence-electron chi connectivity index (χ1n) is 9.27. The number of hydrogen-bond donors (Lipinski definition) is 0. The number of imide groups is 1. The number of nitrogens with zero attached hydrogens (tertiary/aromatic N) is 1.